The molecule has 1 N–H and O–H groups in total. The molecule has 10 heteroatoms. The number of hydrogen-bond acceptors (Lipinski definition) is 5. The van der Waals surface area contributed by atoms with Crippen LogP contribution in [0.1, 0.15) is 23.5 Å². The molecule has 0 bridgehead atoms. The second kappa shape index (κ2) is 8.89. The van der Waals surface area contributed by atoms with Crippen LogP contribution >= 0.6 is 0 Å². The molecule has 2 aromatic carbocycles. The molecule has 1 aliphatic rings. The summed E-state index contributed by atoms with van der Waals surface area (Å²) in [6.45, 7) is 1.79. The van der Waals surface area contributed by atoms with Crippen molar-refractivity contribution >= 4 is 17.5 Å². The van der Waals surface area contributed by atoms with Crippen LogP contribution in [0, 0.1) is 12.7 Å². The van der Waals surface area contributed by atoms with Gasteiger partial charge in [-0.25, -0.2) is 9.18 Å². The van der Waals surface area contributed by atoms with Gasteiger partial charge in [-0.15, -0.1) is 0 Å². The maximum Gasteiger partial charge on any atom is 0.351 e. The van der Waals surface area contributed by atoms with Crippen LogP contribution in [0.4, 0.5) is 10.1 Å². The first kappa shape index (κ1) is 22.8. The maximum atomic E-state index is 13.4. The zero-order valence-electron chi connectivity index (χ0n) is 18.8. The fraction of sp³-hybridized carbons (Fsp3) is 0.208. The molecule has 0 saturated carbocycles. The molecule has 0 unspecified atom stereocenters. The number of anilines is 1. The number of nitrogens with zero attached hydrogens (tertiary/aromatic N) is 4. The number of amides is 2. The molecule has 0 fully saturated rings. The summed E-state index contributed by atoms with van der Waals surface area (Å²) in [6.07, 6.45) is 2.58. The molecular weight excluding hydrogens is 441 g/mol. The molecule has 9 nitrogen and oxygen atoms in total. The summed E-state index contributed by atoms with van der Waals surface area (Å²) in [4.78, 5) is 51.1. The second-order valence-electron chi connectivity index (χ2n) is 8.09. The molecule has 4 rings (SSSR count). The van der Waals surface area contributed by atoms with Crippen LogP contribution in [0.15, 0.2) is 70.0 Å². The Morgan fingerprint density at radius 1 is 1.09 bits per heavy atom. The van der Waals surface area contributed by atoms with E-state index in [-0.39, 0.29) is 12.3 Å². The van der Waals surface area contributed by atoms with Gasteiger partial charge in [0.1, 0.15) is 12.0 Å². The summed E-state index contributed by atoms with van der Waals surface area (Å²) in [7, 11) is 2.92. The average molecular weight is 463 g/mol. The first-order valence-electron chi connectivity index (χ1n) is 10.5. The molecule has 0 saturated heterocycles. The number of carbonyl (C=O) groups is 2. The first-order valence-corrected chi connectivity index (χ1v) is 10.5. The molecule has 2 heterocycles. The Morgan fingerprint density at radius 3 is 2.50 bits per heavy atom. The molecule has 3 aromatic rings. The van der Waals surface area contributed by atoms with Gasteiger partial charge in [0.15, 0.2) is 0 Å². The molecule has 0 aliphatic carbocycles. The highest BCUT2D eigenvalue weighted by atomic mass is 19.1. The van der Waals surface area contributed by atoms with Gasteiger partial charge in [0.2, 0.25) is 5.91 Å². The van der Waals surface area contributed by atoms with E-state index in [9.17, 15) is 23.6 Å². The Bertz CT molecular complexity index is 1440. The third-order valence-electron chi connectivity index (χ3n) is 5.81. The van der Waals surface area contributed by atoms with Crippen molar-refractivity contribution in [3.63, 3.8) is 0 Å². The average Bonchev–Trinajstić information content (AvgIpc) is 2.81. The fourth-order valence-electron chi connectivity index (χ4n) is 3.74. The van der Waals surface area contributed by atoms with Crippen LogP contribution in [-0.2, 0) is 16.6 Å². The molecule has 1 aliphatic heterocycles. The molecular formula is C24H22FN5O4. The predicted octanol–water partition coefficient (Wildman–Crippen LogP) is 1.85. The third kappa shape index (κ3) is 4.29. The number of nitrogens with one attached hydrogen (secondary N) is 1. The summed E-state index contributed by atoms with van der Waals surface area (Å²) in [5.74, 6) is -1.55. The minimum atomic E-state index is -0.625. The van der Waals surface area contributed by atoms with E-state index in [0.29, 0.717) is 22.5 Å². The van der Waals surface area contributed by atoms with Crippen molar-refractivity contribution < 1.29 is 14.0 Å². The van der Waals surface area contributed by atoms with E-state index in [1.807, 2.05) is 0 Å². The van der Waals surface area contributed by atoms with Gasteiger partial charge >= 0.3 is 5.69 Å². The number of hydrogen-bond donors (Lipinski definition) is 1. The lowest BCUT2D eigenvalue weighted by Crippen LogP contribution is -2.38. The molecule has 2 amide bonds. The van der Waals surface area contributed by atoms with Crippen LogP contribution in [0.3, 0.4) is 0 Å². The lowest BCUT2D eigenvalue weighted by Gasteiger charge is -2.28. The third-order valence-corrected chi connectivity index (χ3v) is 5.81. The van der Waals surface area contributed by atoms with E-state index in [1.54, 1.807) is 44.3 Å². The maximum absolute atomic E-state index is 13.4. The van der Waals surface area contributed by atoms with E-state index in [4.69, 9.17) is 0 Å². The highest BCUT2D eigenvalue weighted by Gasteiger charge is 2.31. The Kier molecular flexibility index (Phi) is 5.97. The van der Waals surface area contributed by atoms with Crippen molar-refractivity contribution in [3.05, 3.63) is 98.2 Å². The Morgan fingerprint density at radius 2 is 1.79 bits per heavy atom. The minimum Gasteiger partial charge on any atom is -0.322 e. The largest absolute Gasteiger partial charge is 0.351 e. The molecule has 1 aromatic heterocycles. The number of aromatic nitrogens is 3. The lowest BCUT2D eigenvalue weighted by molar-refractivity contribution is -0.128. The monoisotopic (exact) mass is 463 g/mol. The number of benzene rings is 2. The van der Waals surface area contributed by atoms with Gasteiger partial charge in [-0.1, -0.05) is 18.2 Å². The standard InChI is InChI=1S/C24H22FN5O4/c1-14-4-9-17(30-24(34)29(3)22(32)12-26-30)10-20(14)27-23(33)19-13-28(2)21(31)11-18(19)15-5-7-16(25)8-6-15/h4-10,12-13,18H,11H2,1-3H3,(H,27,33)/t18-/m0/s1. The van der Waals surface area contributed by atoms with E-state index in [0.717, 1.165) is 21.0 Å². The van der Waals surface area contributed by atoms with E-state index in [1.165, 1.54) is 30.3 Å². The van der Waals surface area contributed by atoms with Gasteiger partial charge in [-0.2, -0.15) is 9.78 Å². The zero-order valence-corrected chi connectivity index (χ0v) is 18.8. The van der Waals surface area contributed by atoms with Crippen molar-refractivity contribution in [1.29, 1.82) is 0 Å². The van der Waals surface area contributed by atoms with Crippen LogP contribution < -0.4 is 16.6 Å². The molecule has 34 heavy (non-hydrogen) atoms. The Labute approximate surface area is 193 Å². The van der Waals surface area contributed by atoms with Crippen molar-refractivity contribution in [2.45, 2.75) is 19.3 Å². The van der Waals surface area contributed by atoms with E-state index < -0.39 is 28.9 Å². The quantitative estimate of drug-likeness (QED) is 0.636. The smallest absolute Gasteiger partial charge is 0.322 e. The predicted molar refractivity (Wildman–Crippen MR) is 123 cm³/mol. The summed E-state index contributed by atoms with van der Waals surface area (Å²) >= 11 is 0. The van der Waals surface area contributed by atoms with Gasteiger partial charge in [-0.05, 0) is 42.3 Å². The van der Waals surface area contributed by atoms with E-state index >= 15 is 0 Å². The van der Waals surface area contributed by atoms with E-state index in [2.05, 4.69) is 10.4 Å². The summed E-state index contributed by atoms with van der Waals surface area (Å²) in [6, 6.07) is 10.6. The zero-order chi connectivity index (χ0) is 24.6. The normalized spacial score (nSPS) is 15.8. The summed E-state index contributed by atoms with van der Waals surface area (Å²) in [5, 5.41) is 6.75. The molecule has 0 radical (unpaired) electrons. The van der Waals surface area contributed by atoms with Crippen LogP contribution in [0.2, 0.25) is 0 Å². The number of aryl methyl sites for hydroxylation is 1. The van der Waals surface area contributed by atoms with Crippen LogP contribution in [0.5, 0.6) is 0 Å². The number of carbonyl (C=O) groups excluding carboxylic acids is 2. The fourth-order valence-corrected chi connectivity index (χ4v) is 3.74. The van der Waals surface area contributed by atoms with Gasteiger partial charge < -0.3 is 10.2 Å². The van der Waals surface area contributed by atoms with Crippen molar-refractivity contribution in [2.75, 3.05) is 12.4 Å². The number of rotatable bonds is 4. The molecule has 0 spiro atoms. The summed E-state index contributed by atoms with van der Waals surface area (Å²) in [5.41, 5.74) is 1.36. The SMILES string of the molecule is Cc1ccc(-n2ncc(=O)n(C)c2=O)cc1NC(=O)C1=CN(C)C(=O)C[C@H]1c1ccc(F)cc1. The number of halogens is 1. The highest BCUT2D eigenvalue weighted by Crippen LogP contribution is 2.33. The van der Waals surface area contributed by atoms with Crippen LogP contribution in [0.25, 0.3) is 5.69 Å². The highest BCUT2D eigenvalue weighted by molar-refractivity contribution is 6.06. The van der Waals surface area contributed by atoms with Crippen LogP contribution in [-0.4, -0.2) is 38.1 Å². The van der Waals surface area contributed by atoms with Gasteiger partial charge in [-0.3, -0.25) is 19.0 Å². The topological polar surface area (TPSA) is 106 Å². The van der Waals surface area contributed by atoms with Crippen molar-refractivity contribution in [1.82, 2.24) is 19.2 Å². The Hall–Kier alpha value is -4.34. The second-order valence-corrected chi connectivity index (χ2v) is 8.09. The Balaban J connectivity index is 1.69. The summed E-state index contributed by atoms with van der Waals surface area (Å²) < 4.78 is 15.4. The minimum absolute atomic E-state index is 0.0672. The van der Waals surface area contributed by atoms with Gasteiger partial charge in [0, 0.05) is 43.9 Å². The first-order chi connectivity index (χ1) is 16.2. The van der Waals surface area contributed by atoms with Gasteiger partial charge in [0.25, 0.3) is 11.5 Å². The van der Waals surface area contributed by atoms with Crippen molar-refractivity contribution in [3.8, 4) is 5.69 Å². The molecule has 1 atom stereocenters. The van der Waals surface area contributed by atoms with Crippen molar-refractivity contribution in [2.24, 2.45) is 7.05 Å². The molecule has 174 valence electrons. The lowest BCUT2D eigenvalue weighted by atomic mass is 9.85. The van der Waals surface area contributed by atoms with Gasteiger partial charge in [0.05, 0.1) is 5.69 Å².